The maximum Gasteiger partial charge on any atom is 0.255 e. The van der Waals surface area contributed by atoms with Crippen LogP contribution in [0, 0.1) is 0 Å². The second kappa shape index (κ2) is 4.06. The standard InChI is InChI=1S/C9H15N3O2/c1-6(13-2)9-11-8(12-14-9)7-4-3-5-10-7/h6-7,10H,3-5H2,1-2H3. The monoisotopic (exact) mass is 197 g/mol. The summed E-state index contributed by atoms with van der Waals surface area (Å²) >= 11 is 0. The fourth-order valence-corrected chi connectivity index (χ4v) is 1.56. The topological polar surface area (TPSA) is 60.2 Å². The number of aromatic nitrogens is 2. The number of ether oxygens (including phenoxy) is 1. The minimum absolute atomic E-state index is 0.127. The first-order valence-corrected chi connectivity index (χ1v) is 4.91. The summed E-state index contributed by atoms with van der Waals surface area (Å²) in [5.74, 6) is 1.30. The van der Waals surface area contributed by atoms with Gasteiger partial charge in [0.15, 0.2) is 5.82 Å². The largest absolute Gasteiger partial charge is 0.372 e. The van der Waals surface area contributed by atoms with Gasteiger partial charge in [0, 0.05) is 7.11 Å². The molecule has 2 atom stereocenters. The molecule has 0 spiro atoms. The lowest BCUT2D eigenvalue weighted by molar-refractivity contribution is 0.0886. The van der Waals surface area contributed by atoms with Crippen molar-refractivity contribution in [1.29, 1.82) is 0 Å². The molecule has 5 nitrogen and oxygen atoms in total. The number of nitrogens with one attached hydrogen (secondary N) is 1. The predicted molar refractivity (Wildman–Crippen MR) is 49.7 cm³/mol. The maximum atomic E-state index is 5.10. The van der Waals surface area contributed by atoms with Crippen LogP contribution in [0.5, 0.6) is 0 Å². The van der Waals surface area contributed by atoms with E-state index < -0.39 is 0 Å². The third-order valence-electron chi connectivity index (χ3n) is 2.53. The number of nitrogens with zero attached hydrogens (tertiary/aromatic N) is 2. The zero-order valence-electron chi connectivity index (χ0n) is 8.49. The molecule has 0 bridgehead atoms. The molecule has 1 aromatic rings. The highest BCUT2D eigenvalue weighted by atomic mass is 16.5. The van der Waals surface area contributed by atoms with Gasteiger partial charge >= 0.3 is 0 Å². The van der Waals surface area contributed by atoms with E-state index in [0.29, 0.717) is 5.89 Å². The maximum absolute atomic E-state index is 5.10. The number of rotatable bonds is 3. The zero-order chi connectivity index (χ0) is 9.97. The molecule has 1 N–H and O–H groups in total. The molecule has 1 aliphatic heterocycles. The summed E-state index contributed by atoms with van der Waals surface area (Å²) < 4.78 is 10.2. The lowest BCUT2D eigenvalue weighted by Crippen LogP contribution is -2.14. The third-order valence-corrected chi connectivity index (χ3v) is 2.53. The van der Waals surface area contributed by atoms with E-state index in [0.717, 1.165) is 18.8 Å². The van der Waals surface area contributed by atoms with Crippen LogP contribution in [0.3, 0.4) is 0 Å². The van der Waals surface area contributed by atoms with Crippen molar-refractivity contribution in [3.05, 3.63) is 11.7 Å². The molecule has 5 heteroatoms. The fourth-order valence-electron chi connectivity index (χ4n) is 1.56. The second-order valence-corrected chi connectivity index (χ2v) is 3.52. The summed E-state index contributed by atoms with van der Waals surface area (Å²) in [6, 6.07) is 0.261. The van der Waals surface area contributed by atoms with Gasteiger partial charge < -0.3 is 14.6 Å². The van der Waals surface area contributed by atoms with Crippen molar-refractivity contribution in [2.45, 2.75) is 31.9 Å². The normalized spacial score (nSPS) is 24.0. The first-order chi connectivity index (χ1) is 6.81. The van der Waals surface area contributed by atoms with Gasteiger partial charge in [-0.25, -0.2) is 0 Å². The Kier molecular flexibility index (Phi) is 2.79. The smallest absolute Gasteiger partial charge is 0.255 e. The van der Waals surface area contributed by atoms with Gasteiger partial charge in [-0.3, -0.25) is 0 Å². The Labute approximate surface area is 82.8 Å². The van der Waals surface area contributed by atoms with E-state index in [-0.39, 0.29) is 12.1 Å². The molecule has 2 unspecified atom stereocenters. The van der Waals surface area contributed by atoms with Gasteiger partial charge in [-0.15, -0.1) is 0 Å². The average molecular weight is 197 g/mol. The van der Waals surface area contributed by atoms with E-state index in [1.54, 1.807) is 7.11 Å². The van der Waals surface area contributed by atoms with Crippen LogP contribution in [-0.2, 0) is 4.74 Å². The predicted octanol–water partition coefficient (Wildman–Crippen LogP) is 1.20. The summed E-state index contributed by atoms with van der Waals surface area (Å²) in [6.45, 7) is 2.92. The molecule has 0 amide bonds. The highest BCUT2D eigenvalue weighted by Crippen LogP contribution is 2.22. The summed E-state index contributed by atoms with van der Waals surface area (Å²) in [5, 5.41) is 7.26. The SMILES string of the molecule is COC(C)c1nc(C2CCCN2)no1. The van der Waals surface area contributed by atoms with Gasteiger partial charge in [-0.2, -0.15) is 4.98 Å². The van der Waals surface area contributed by atoms with Crippen molar-refractivity contribution in [2.75, 3.05) is 13.7 Å². The average Bonchev–Trinajstić information content (AvgIpc) is 2.86. The molecular weight excluding hydrogens is 182 g/mol. The number of hydrogen-bond acceptors (Lipinski definition) is 5. The van der Waals surface area contributed by atoms with Gasteiger partial charge in [-0.1, -0.05) is 5.16 Å². The summed E-state index contributed by atoms with van der Waals surface area (Å²) in [5.41, 5.74) is 0. The molecule has 2 rings (SSSR count). The van der Waals surface area contributed by atoms with Crippen molar-refractivity contribution >= 4 is 0 Å². The Morgan fingerprint density at radius 1 is 1.64 bits per heavy atom. The Bertz CT molecular complexity index is 294. The minimum Gasteiger partial charge on any atom is -0.372 e. The number of methoxy groups -OCH3 is 1. The van der Waals surface area contributed by atoms with Crippen LogP contribution in [0.15, 0.2) is 4.52 Å². The molecule has 0 aliphatic carbocycles. The third kappa shape index (κ3) is 1.78. The Morgan fingerprint density at radius 2 is 2.50 bits per heavy atom. The lowest BCUT2D eigenvalue weighted by atomic mass is 10.2. The highest BCUT2D eigenvalue weighted by molar-refractivity contribution is 4.97. The van der Waals surface area contributed by atoms with Gasteiger partial charge in [0.25, 0.3) is 5.89 Å². The van der Waals surface area contributed by atoms with Crippen LogP contribution in [0.1, 0.15) is 43.6 Å². The first-order valence-electron chi connectivity index (χ1n) is 4.91. The van der Waals surface area contributed by atoms with Crippen LogP contribution >= 0.6 is 0 Å². The lowest BCUT2D eigenvalue weighted by Gasteiger charge is -2.03. The molecule has 0 aromatic carbocycles. The fraction of sp³-hybridized carbons (Fsp3) is 0.778. The van der Waals surface area contributed by atoms with Crippen molar-refractivity contribution in [3.63, 3.8) is 0 Å². The van der Waals surface area contributed by atoms with Crippen LogP contribution < -0.4 is 5.32 Å². The quantitative estimate of drug-likeness (QED) is 0.789. The van der Waals surface area contributed by atoms with E-state index in [1.807, 2.05) is 6.92 Å². The van der Waals surface area contributed by atoms with E-state index in [2.05, 4.69) is 15.5 Å². The molecule has 0 saturated carbocycles. The zero-order valence-corrected chi connectivity index (χ0v) is 8.49. The second-order valence-electron chi connectivity index (χ2n) is 3.52. The molecule has 2 heterocycles. The van der Waals surface area contributed by atoms with Gasteiger partial charge in [0.05, 0.1) is 6.04 Å². The van der Waals surface area contributed by atoms with Gasteiger partial charge in [-0.05, 0) is 26.3 Å². The molecular formula is C9H15N3O2. The van der Waals surface area contributed by atoms with Gasteiger partial charge in [0.1, 0.15) is 6.10 Å². The Morgan fingerprint density at radius 3 is 3.14 bits per heavy atom. The van der Waals surface area contributed by atoms with Crippen molar-refractivity contribution in [3.8, 4) is 0 Å². The highest BCUT2D eigenvalue weighted by Gasteiger charge is 2.23. The van der Waals surface area contributed by atoms with Crippen molar-refractivity contribution in [2.24, 2.45) is 0 Å². The molecule has 0 radical (unpaired) electrons. The molecule has 1 aliphatic rings. The van der Waals surface area contributed by atoms with Crippen LogP contribution in [0.25, 0.3) is 0 Å². The summed E-state index contributed by atoms with van der Waals surface area (Å²) in [4.78, 5) is 4.30. The van der Waals surface area contributed by atoms with Gasteiger partial charge in [0.2, 0.25) is 0 Å². The van der Waals surface area contributed by atoms with E-state index in [9.17, 15) is 0 Å². The molecule has 78 valence electrons. The number of hydrogen-bond donors (Lipinski definition) is 1. The minimum atomic E-state index is -0.127. The molecule has 1 aromatic heterocycles. The Balaban J connectivity index is 2.08. The molecule has 1 fully saturated rings. The van der Waals surface area contributed by atoms with E-state index in [4.69, 9.17) is 9.26 Å². The van der Waals surface area contributed by atoms with Crippen molar-refractivity contribution < 1.29 is 9.26 Å². The molecule has 14 heavy (non-hydrogen) atoms. The summed E-state index contributed by atoms with van der Waals surface area (Å²) in [7, 11) is 1.63. The Hall–Kier alpha value is -0.940. The van der Waals surface area contributed by atoms with Crippen LogP contribution in [0.4, 0.5) is 0 Å². The van der Waals surface area contributed by atoms with E-state index in [1.165, 1.54) is 6.42 Å². The molecule has 1 saturated heterocycles. The summed E-state index contributed by atoms with van der Waals surface area (Å²) in [6.07, 6.45) is 2.13. The van der Waals surface area contributed by atoms with Crippen LogP contribution in [0.2, 0.25) is 0 Å². The van der Waals surface area contributed by atoms with Crippen molar-refractivity contribution in [1.82, 2.24) is 15.5 Å². The first kappa shape index (κ1) is 9.61. The van der Waals surface area contributed by atoms with E-state index >= 15 is 0 Å². The van der Waals surface area contributed by atoms with Crippen LogP contribution in [-0.4, -0.2) is 23.8 Å².